The van der Waals surface area contributed by atoms with Gasteiger partial charge >= 0.3 is 0 Å². The van der Waals surface area contributed by atoms with Gasteiger partial charge in [0, 0.05) is 32.0 Å². The molecule has 118 valence electrons. The summed E-state index contributed by atoms with van der Waals surface area (Å²) in [5, 5.41) is 2.91. The standard InChI is InChI=1S/C17H23N3O2/c1-12-4-3-7-20(11-12)17(22)15-8-14(15)16(21)19-10-13-5-2-6-18-9-13/h2,5-6,9,12,14-15H,3-4,7-8,10-11H2,1H3,(H,19,21). The second-order valence-electron chi connectivity index (χ2n) is 6.56. The van der Waals surface area contributed by atoms with Gasteiger partial charge in [-0.15, -0.1) is 0 Å². The number of nitrogens with one attached hydrogen (secondary N) is 1. The molecular formula is C17H23N3O2. The van der Waals surface area contributed by atoms with E-state index in [0.29, 0.717) is 18.9 Å². The van der Waals surface area contributed by atoms with Gasteiger partial charge < -0.3 is 10.2 Å². The van der Waals surface area contributed by atoms with Gasteiger partial charge in [-0.1, -0.05) is 13.0 Å². The van der Waals surface area contributed by atoms with E-state index in [-0.39, 0.29) is 23.7 Å². The normalized spacial score (nSPS) is 27.3. The van der Waals surface area contributed by atoms with Crippen LogP contribution in [0.4, 0.5) is 0 Å². The van der Waals surface area contributed by atoms with Crippen molar-refractivity contribution in [1.82, 2.24) is 15.2 Å². The van der Waals surface area contributed by atoms with Crippen LogP contribution < -0.4 is 5.32 Å². The monoisotopic (exact) mass is 301 g/mol. The van der Waals surface area contributed by atoms with Crippen molar-refractivity contribution < 1.29 is 9.59 Å². The number of aromatic nitrogens is 1. The van der Waals surface area contributed by atoms with E-state index in [4.69, 9.17) is 0 Å². The highest BCUT2D eigenvalue weighted by atomic mass is 16.2. The van der Waals surface area contributed by atoms with E-state index in [1.807, 2.05) is 17.0 Å². The van der Waals surface area contributed by atoms with Crippen molar-refractivity contribution in [2.45, 2.75) is 32.7 Å². The number of carbonyl (C=O) groups is 2. The Labute approximate surface area is 131 Å². The maximum Gasteiger partial charge on any atom is 0.226 e. The molecule has 2 heterocycles. The Morgan fingerprint density at radius 1 is 1.41 bits per heavy atom. The first-order valence-electron chi connectivity index (χ1n) is 8.10. The molecule has 0 aromatic carbocycles. The summed E-state index contributed by atoms with van der Waals surface area (Å²) in [6.45, 7) is 4.36. The van der Waals surface area contributed by atoms with Crippen molar-refractivity contribution in [3.05, 3.63) is 30.1 Å². The zero-order valence-electron chi connectivity index (χ0n) is 13.0. The minimum absolute atomic E-state index is 0.00717. The zero-order chi connectivity index (χ0) is 15.5. The first-order chi connectivity index (χ1) is 10.6. The number of pyridine rings is 1. The summed E-state index contributed by atoms with van der Waals surface area (Å²) >= 11 is 0. The third kappa shape index (κ3) is 3.46. The van der Waals surface area contributed by atoms with Crippen LogP contribution in [0, 0.1) is 17.8 Å². The molecule has 1 aliphatic heterocycles. The van der Waals surface area contributed by atoms with E-state index in [0.717, 1.165) is 25.1 Å². The van der Waals surface area contributed by atoms with Gasteiger partial charge in [-0.3, -0.25) is 14.6 Å². The SMILES string of the molecule is CC1CCCN(C(=O)C2CC2C(=O)NCc2cccnc2)C1. The number of likely N-dealkylation sites (tertiary alicyclic amines) is 1. The molecule has 3 unspecified atom stereocenters. The van der Waals surface area contributed by atoms with E-state index >= 15 is 0 Å². The lowest BCUT2D eigenvalue weighted by Crippen LogP contribution is -2.40. The summed E-state index contributed by atoms with van der Waals surface area (Å²) < 4.78 is 0. The summed E-state index contributed by atoms with van der Waals surface area (Å²) in [5.74, 6) is 0.509. The van der Waals surface area contributed by atoms with Crippen molar-refractivity contribution in [2.24, 2.45) is 17.8 Å². The second kappa shape index (κ2) is 6.46. The van der Waals surface area contributed by atoms with Gasteiger partial charge in [0.25, 0.3) is 0 Å². The van der Waals surface area contributed by atoms with Crippen LogP contribution in [-0.4, -0.2) is 34.8 Å². The minimum atomic E-state index is -0.138. The lowest BCUT2D eigenvalue weighted by Gasteiger charge is -2.31. The number of piperidine rings is 1. The van der Waals surface area contributed by atoms with Gasteiger partial charge in [0.15, 0.2) is 0 Å². The molecule has 5 nitrogen and oxygen atoms in total. The fraction of sp³-hybridized carbons (Fsp3) is 0.588. The maximum atomic E-state index is 12.4. The summed E-state index contributed by atoms with van der Waals surface area (Å²) in [4.78, 5) is 30.5. The van der Waals surface area contributed by atoms with Crippen LogP contribution in [-0.2, 0) is 16.1 Å². The second-order valence-corrected chi connectivity index (χ2v) is 6.56. The molecule has 0 radical (unpaired) electrons. The van der Waals surface area contributed by atoms with E-state index in [1.54, 1.807) is 12.4 Å². The predicted octanol–water partition coefficient (Wildman–Crippen LogP) is 1.59. The Balaban J connectivity index is 1.47. The van der Waals surface area contributed by atoms with Crippen molar-refractivity contribution >= 4 is 11.8 Å². The van der Waals surface area contributed by atoms with Crippen LogP contribution in [0.1, 0.15) is 31.7 Å². The Kier molecular flexibility index (Phi) is 4.41. The largest absolute Gasteiger partial charge is 0.352 e. The van der Waals surface area contributed by atoms with Crippen LogP contribution in [0.5, 0.6) is 0 Å². The quantitative estimate of drug-likeness (QED) is 0.918. The molecule has 1 aliphatic carbocycles. The van der Waals surface area contributed by atoms with Gasteiger partial charge in [-0.2, -0.15) is 0 Å². The molecule has 3 atom stereocenters. The molecule has 2 fully saturated rings. The Hall–Kier alpha value is -1.91. The Morgan fingerprint density at radius 3 is 3.00 bits per heavy atom. The zero-order valence-corrected chi connectivity index (χ0v) is 13.0. The molecule has 22 heavy (non-hydrogen) atoms. The minimum Gasteiger partial charge on any atom is -0.352 e. The van der Waals surface area contributed by atoms with Crippen molar-refractivity contribution in [2.75, 3.05) is 13.1 Å². The molecule has 1 saturated heterocycles. The van der Waals surface area contributed by atoms with Gasteiger partial charge in [0.2, 0.25) is 11.8 Å². The first kappa shape index (κ1) is 15.0. The highest BCUT2D eigenvalue weighted by Gasteiger charge is 2.49. The number of nitrogens with zero attached hydrogens (tertiary/aromatic N) is 2. The smallest absolute Gasteiger partial charge is 0.226 e. The van der Waals surface area contributed by atoms with Crippen LogP contribution >= 0.6 is 0 Å². The fourth-order valence-corrected chi connectivity index (χ4v) is 3.20. The summed E-state index contributed by atoms with van der Waals surface area (Å²) in [6.07, 6.45) is 6.43. The highest BCUT2D eigenvalue weighted by Crippen LogP contribution is 2.40. The van der Waals surface area contributed by atoms with E-state index in [1.165, 1.54) is 6.42 Å². The van der Waals surface area contributed by atoms with Crippen molar-refractivity contribution in [3.63, 3.8) is 0 Å². The van der Waals surface area contributed by atoms with Crippen LogP contribution in [0.25, 0.3) is 0 Å². The molecule has 1 aromatic rings. The first-order valence-corrected chi connectivity index (χ1v) is 8.10. The van der Waals surface area contributed by atoms with E-state index in [9.17, 15) is 9.59 Å². The van der Waals surface area contributed by atoms with Gasteiger partial charge in [-0.25, -0.2) is 0 Å². The molecule has 1 N–H and O–H groups in total. The van der Waals surface area contributed by atoms with E-state index < -0.39 is 0 Å². The predicted molar refractivity (Wildman–Crippen MR) is 82.7 cm³/mol. The molecule has 1 aromatic heterocycles. The summed E-state index contributed by atoms with van der Waals surface area (Å²) in [5.41, 5.74) is 0.976. The number of rotatable bonds is 4. The van der Waals surface area contributed by atoms with Crippen LogP contribution in [0.3, 0.4) is 0 Å². The molecule has 3 rings (SSSR count). The van der Waals surface area contributed by atoms with E-state index in [2.05, 4.69) is 17.2 Å². The topological polar surface area (TPSA) is 62.3 Å². The summed E-state index contributed by atoms with van der Waals surface area (Å²) in [6, 6.07) is 3.78. The number of hydrogen-bond donors (Lipinski definition) is 1. The van der Waals surface area contributed by atoms with Crippen molar-refractivity contribution in [1.29, 1.82) is 0 Å². The van der Waals surface area contributed by atoms with Crippen LogP contribution in [0.15, 0.2) is 24.5 Å². The number of carbonyl (C=O) groups excluding carboxylic acids is 2. The van der Waals surface area contributed by atoms with Gasteiger partial charge in [0.05, 0.1) is 11.8 Å². The fourth-order valence-electron chi connectivity index (χ4n) is 3.20. The van der Waals surface area contributed by atoms with Crippen LogP contribution in [0.2, 0.25) is 0 Å². The lowest BCUT2D eigenvalue weighted by atomic mass is 10.00. The molecule has 0 bridgehead atoms. The highest BCUT2D eigenvalue weighted by molar-refractivity contribution is 5.92. The number of amides is 2. The maximum absolute atomic E-state index is 12.4. The molecule has 2 amide bonds. The molecule has 5 heteroatoms. The third-order valence-electron chi connectivity index (χ3n) is 4.60. The Bertz CT molecular complexity index is 546. The average molecular weight is 301 g/mol. The molecule has 2 aliphatic rings. The molecule has 0 spiro atoms. The van der Waals surface area contributed by atoms with Gasteiger partial charge in [0.1, 0.15) is 0 Å². The lowest BCUT2D eigenvalue weighted by molar-refractivity contribution is -0.136. The molecular weight excluding hydrogens is 278 g/mol. The summed E-state index contributed by atoms with van der Waals surface area (Å²) in [7, 11) is 0. The number of hydrogen-bond acceptors (Lipinski definition) is 3. The van der Waals surface area contributed by atoms with Gasteiger partial charge in [-0.05, 0) is 36.8 Å². The Morgan fingerprint density at radius 2 is 2.27 bits per heavy atom. The van der Waals surface area contributed by atoms with Crippen molar-refractivity contribution in [3.8, 4) is 0 Å². The average Bonchev–Trinajstić information content (AvgIpc) is 3.33. The molecule has 1 saturated carbocycles. The third-order valence-corrected chi connectivity index (χ3v) is 4.60.